The first-order valence-corrected chi connectivity index (χ1v) is 9.94. The first-order chi connectivity index (χ1) is 14.7. The predicted octanol–water partition coefficient (Wildman–Crippen LogP) is 4.52. The number of nitrogens with one attached hydrogen (secondary N) is 2. The van der Waals surface area contributed by atoms with Crippen molar-refractivity contribution < 1.29 is 22.7 Å². The van der Waals surface area contributed by atoms with Crippen LogP contribution in [0.3, 0.4) is 0 Å². The zero-order valence-corrected chi connectivity index (χ0v) is 17.5. The molecule has 0 aliphatic carbocycles. The largest absolute Gasteiger partial charge is 0.492 e. The Morgan fingerprint density at radius 3 is 2.48 bits per heavy atom. The molecule has 0 saturated carbocycles. The number of aromatic amines is 1. The van der Waals surface area contributed by atoms with Gasteiger partial charge in [0.2, 0.25) is 5.91 Å². The molecule has 1 amide bonds. The minimum absolute atomic E-state index is 0.136. The number of carbonyl (C=O) groups excluding carboxylic acids is 1. The Labute approximate surface area is 182 Å². The molecule has 0 bridgehead atoms. The first kappa shape index (κ1) is 22.5. The number of aromatic nitrogens is 3. The van der Waals surface area contributed by atoms with Crippen LogP contribution in [0.4, 0.5) is 13.2 Å². The number of hydrogen-bond acceptors (Lipinski definition) is 4. The van der Waals surface area contributed by atoms with Gasteiger partial charge in [-0.05, 0) is 43.4 Å². The van der Waals surface area contributed by atoms with Crippen molar-refractivity contribution >= 4 is 18.1 Å². The maximum atomic E-state index is 12.5. The summed E-state index contributed by atoms with van der Waals surface area (Å²) in [6, 6.07) is 12.2. The number of rotatable bonds is 8. The normalized spacial score (nSPS) is 11.4. The zero-order chi connectivity index (χ0) is 22.4. The Bertz CT molecular complexity index is 1070. The fourth-order valence-corrected chi connectivity index (χ4v) is 3.07. The average molecular weight is 450 g/mol. The van der Waals surface area contributed by atoms with Gasteiger partial charge < -0.3 is 10.1 Å². The van der Waals surface area contributed by atoms with E-state index in [-0.39, 0.29) is 25.5 Å². The lowest BCUT2D eigenvalue weighted by Gasteiger charge is -2.10. The molecular weight excluding hydrogens is 429 g/mol. The second-order valence-corrected chi connectivity index (χ2v) is 7.23. The highest BCUT2D eigenvalue weighted by molar-refractivity contribution is 7.71. The molecule has 0 aliphatic heterocycles. The lowest BCUT2D eigenvalue weighted by atomic mass is 10.1. The Kier molecular flexibility index (Phi) is 7.11. The summed E-state index contributed by atoms with van der Waals surface area (Å²) in [6.07, 6.45) is -4.20. The Hall–Kier alpha value is -3.14. The quantitative estimate of drug-likeness (QED) is 0.391. The summed E-state index contributed by atoms with van der Waals surface area (Å²) in [4.78, 5) is 12.1. The highest BCUT2D eigenvalue weighted by Crippen LogP contribution is 2.30. The number of ether oxygens (including phenoxy) is 1. The van der Waals surface area contributed by atoms with Gasteiger partial charge in [-0.1, -0.05) is 29.8 Å². The fourth-order valence-electron chi connectivity index (χ4n) is 2.85. The van der Waals surface area contributed by atoms with Crippen molar-refractivity contribution in [3.05, 3.63) is 64.4 Å². The smallest absolute Gasteiger partial charge is 0.416 e. The van der Waals surface area contributed by atoms with E-state index in [9.17, 15) is 18.0 Å². The summed E-state index contributed by atoms with van der Waals surface area (Å²) in [5.41, 5.74) is 1.28. The number of carbonyl (C=O) groups is 1. The van der Waals surface area contributed by atoms with Gasteiger partial charge in [0.25, 0.3) is 0 Å². The summed E-state index contributed by atoms with van der Waals surface area (Å²) in [7, 11) is 0. The van der Waals surface area contributed by atoms with E-state index in [1.165, 1.54) is 12.1 Å². The molecule has 1 heterocycles. The van der Waals surface area contributed by atoms with E-state index in [0.29, 0.717) is 22.9 Å². The molecule has 6 nitrogen and oxygen atoms in total. The molecule has 0 saturated heterocycles. The average Bonchev–Trinajstić information content (AvgIpc) is 3.10. The van der Waals surface area contributed by atoms with Crippen LogP contribution in [0.25, 0.3) is 11.4 Å². The van der Waals surface area contributed by atoms with Crippen molar-refractivity contribution in [3.63, 3.8) is 0 Å². The van der Waals surface area contributed by atoms with Gasteiger partial charge in [0.15, 0.2) is 10.6 Å². The summed E-state index contributed by atoms with van der Waals surface area (Å²) < 4.78 is 45.2. The fraction of sp³-hybridized carbons (Fsp3) is 0.286. The van der Waals surface area contributed by atoms with Crippen molar-refractivity contribution in [2.45, 2.75) is 26.1 Å². The molecule has 2 N–H and O–H groups in total. The van der Waals surface area contributed by atoms with Crippen LogP contribution >= 0.6 is 12.2 Å². The topological polar surface area (TPSA) is 71.9 Å². The molecule has 0 spiro atoms. The summed E-state index contributed by atoms with van der Waals surface area (Å²) in [5, 5.41) is 9.71. The van der Waals surface area contributed by atoms with Crippen LogP contribution in [0.1, 0.15) is 17.5 Å². The van der Waals surface area contributed by atoms with Gasteiger partial charge in [-0.15, -0.1) is 0 Å². The molecular formula is C21H21F3N4O2S. The van der Waals surface area contributed by atoms with Crippen LogP contribution in [0.5, 0.6) is 5.75 Å². The number of halogens is 3. The molecule has 0 unspecified atom stereocenters. The second-order valence-electron chi connectivity index (χ2n) is 6.84. The van der Waals surface area contributed by atoms with Crippen molar-refractivity contribution in [2.24, 2.45) is 0 Å². The van der Waals surface area contributed by atoms with Gasteiger partial charge in [0, 0.05) is 18.5 Å². The minimum atomic E-state index is -4.39. The van der Waals surface area contributed by atoms with Crippen LogP contribution in [0.2, 0.25) is 0 Å². The van der Waals surface area contributed by atoms with E-state index in [0.717, 1.165) is 23.3 Å². The van der Waals surface area contributed by atoms with Crippen molar-refractivity contribution in [1.29, 1.82) is 0 Å². The number of amides is 1. The van der Waals surface area contributed by atoms with Crippen LogP contribution in [0, 0.1) is 11.7 Å². The zero-order valence-electron chi connectivity index (χ0n) is 16.7. The highest BCUT2D eigenvalue weighted by atomic mass is 32.1. The van der Waals surface area contributed by atoms with E-state index in [4.69, 9.17) is 17.0 Å². The Morgan fingerprint density at radius 2 is 1.84 bits per heavy atom. The molecule has 1 aromatic heterocycles. The number of nitrogens with zero attached hydrogens (tertiary/aromatic N) is 2. The van der Waals surface area contributed by atoms with Crippen LogP contribution < -0.4 is 10.1 Å². The Balaban J connectivity index is 1.45. The van der Waals surface area contributed by atoms with Gasteiger partial charge in [-0.3, -0.25) is 14.5 Å². The molecule has 0 aliphatic rings. The molecule has 3 rings (SSSR count). The lowest BCUT2D eigenvalue weighted by molar-refractivity contribution is -0.137. The number of aryl methyl sites for hydroxylation is 1. The molecule has 0 atom stereocenters. The molecule has 0 radical (unpaired) electrons. The van der Waals surface area contributed by atoms with E-state index in [1.807, 2.05) is 31.2 Å². The molecule has 0 fully saturated rings. The highest BCUT2D eigenvalue weighted by Gasteiger charge is 2.30. The predicted molar refractivity (Wildman–Crippen MR) is 112 cm³/mol. The minimum Gasteiger partial charge on any atom is -0.492 e. The van der Waals surface area contributed by atoms with Gasteiger partial charge >= 0.3 is 6.18 Å². The number of benzene rings is 2. The van der Waals surface area contributed by atoms with Gasteiger partial charge in [0.05, 0.1) is 12.1 Å². The van der Waals surface area contributed by atoms with Gasteiger partial charge in [-0.2, -0.15) is 18.3 Å². The van der Waals surface area contributed by atoms with E-state index in [2.05, 4.69) is 15.5 Å². The number of H-pyrrole nitrogens is 1. The van der Waals surface area contributed by atoms with Crippen LogP contribution in [-0.2, 0) is 17.5 Å². The van der Waals surface area contributed by atoms with Crippen molar-refractivity contribution in [2.75, 3.05) is 13.2 Å². The maximum absolute atomic E-state index is 12.5. The summed E-state index contributed by atoms with van der Waals surface area (Å²) in [6.45, 7) is 2.70. The standard InChI is InChI=1S/C21H21F3N4O2S/c1-14-2-4-15(5-3-14)19-26-27-20(31)28(19)12-10-18(29)25-11-13-30-17-8-6-16(7-9-17)21(22,23)24/h2-9H,10-13H2,1H3,(H,25,29)(H,27,31). The molecule has 3 aromatic rings. The summed E-state index contributed by atoms with van der Waals surface area (Å²) >= 11 is 5.27. The third-order valence-corrected chi connectivity index (χ3v) is 4.82. The van der Waals surface area contributed by atoms with Crippen LogP contribution in [-0.4, -0.2) is 33.8 Å². The molecule has 164 valence electrons. The third-order valence-electron chi connectivity index (χ3n) is 4.51. The van der Waals surface area contributed by atoms with E-state index >= 15 is 0 Å². The second kappa shape index (κ2) is 9.78. The molecule has 31 heavy (non-hydrogen) atoms. The first-order valence-electron chi connectivity index (χ1n) is 9.53. The van der Waals surface area contributed by atoms with Crippen molar-refractivity contribution in [1.82, 2.24) is 20.1 Å². The van der Waals surface area contributed by atoms with Crippen molar-refractivity contribution in [3.8, 4) is 17.1 Å². The van der Waals surface area contributed by atoms with Gasteiger partial charge in [-0.25, -0.2) is 0 Å². The molecule has 10 heteroatoms. The SMILES string of the molecule is Cc1ccc(-c2n[nH]c(=S)n2CCC(=O)NCCOc2ccc(C(F)(F)F)cc2)cc1. The third kappa shape index (κ3) is 6.17. The number of alkyl halides is 3. The molecule has 2 aromatic carbocycles. The number of hydrogen-bond donors (Lipinski definition) is 2. The maximum Gasteiger partial charge on any atom is 0.416 e. The van der Waals surface area contributed by atoms with Gasteiger partial charge in [0.1, 0.15) is 12.4 Å². The lowest BCUT2D eigenvalue weighted by Crippen LogP contribution is -2.28. The summed E-state index contributed by atoms with van der Waals surface area (Å²) in [5.74, 6) is 0.757. The van der Waals surface area contributed by atoms with Crippen LogP contribution in [0.15, 0.2) is 48.5 Å². The Morgan fingerprint density at radius 1 is 1.16 bits per heavy atom. The van der Waals surface area contributed by atoms with E-state index in [1.54, 1.807) is 4.57 Å². The monoisotopic (exact) mass is 450 g/mol. The van der Waals surface area contributed by atoms with E-state index < -0.39 is 11.7 Å².